The molecular weight excluding hydrogens is 266 g/mol. The topological polar surface area (TPSA) is 66.4 Å². The number of nitrogens with one attached hydrogen (secondary N) is 1. The van der Waals surface area contributed by atoms with Gasteiger partial charge in [0.15, 0.2) is 0 Å². The lowest BCUT2D eigenvalue weighted by Crippen LogP contribution is -2.28. The van der Waals surface area contributed by atoms with Crippen LogP contribution in [0, 0.1) is 12.8 Å². The average molecular weight is 284 g/mol. The molecule has 0 aliphatic carbocycles. The fraction of sp³-hybridized carbons (Fsp3) is 0.429. The molecule has 0 radical (unpaired) electrons. The van der Waals surface area contributed by atoms with Crippen LogP contribution in [0.1, 0.15) is 35.7 Å². The van der Waals surface area contributed by atoms with Crippen molar-refractivity contribution in [1.29, 1.82) is 0 Å². The number of carboxylic acids is 1. The highest BCUT2D eigenvalue weighted by molar-refractivity contribution is 6.31. The summed E-state index contributed by atoms with van der Waals surface area (Å²) in [7, 11) is 0. The molecule has 1 rings (SSSR count). The second kappa shape index (κ2) is 7.14. The van der Waals surface area contributed by atoms with Crippen LogP contribution in [0.5, 0.6) is 0 Å². The van der Waals surface area contributed by atoms with Gasteiger partial charge in [-0.05, 0) is 43.0 Å². The molecule has 0 aliphatic rings. The molecule has 0 aliphatic heterocycles. The third-order valence-corrected chi connectivity index (χ3v) is 3.31. The lowest BCUT2D eigenvalue weighted by molar-refractivity contribution is -0.137. The van der Waals surface area contributed by atoms with Crippen molar-refractivity contribution in [1.82, 2.24) is 5.32 Å². The Bertz CT molecular complexity index is 474. The average Bonchev–Trinajstić information content (AvgIpc) is 2.36. The van der Waals surface area contributed by atoms with Crippen LogP contribution >= 0.6 is 11.6 Å². The van der Waals surface area contributed by atoms with Crippen LogP contribution in [-0.4, -0.2) is 23.5 Å². The largest absolute Gasteiger partial charge is 0.481 e. The molecule has 0 spiro atoms. The first-order valence-corrected chi connectivity index (χ1v) is 6.54. The van der Waals surface area contributed by atoms with E-state index in [0.717, 1.165) is 5.56 Å². The van der Waals surface area contributed by atoms with E-state index in [1.807, 2.05) is 13.8 Å². The summed E-state index contributed by atoms with van der Waals surface area (Å²) in [5.74, 6) is -0.845. The first-order chi connectivity index (χ1) is 8.90. The minimum atomic E-state index is -0.813. The van der Waals surface area contributed by atoms with Crippen molar-refractivity contribution in [2.45, 2.75) is 26.7 Å². The molecule has 104 valence electrons. The van der Waals surface area contributed by atoms with Crippen molar-refractivity contribution < 1.29 is 14.7 Å². The zero-order valence-electron chi connectivity index (χ0n) is 11.1. The molecule has 0 bridgehead atoms. The van der Waals surface area contributed by atoms with E-state index in [1.54, 1.807) is 18.2 Å². The predicted octanol–water partition coefficient (Wildman–Crippen LogP) is 2.88. The maximum atomic E-state index is 11.9. The van der Waals surface area contributed by atoms with Crippen molar-refractivity contribution in [3.8, 4) is 0 Å². The summed E-state index contributed by atoms with van der Waals surface area (Å²) in [4.78, 5) is 22.3. The Morgan fingerprint density at radius 1 is 1.42 bits per heavy atom. The molecule has 1 aromatic rings. The van der Waals surface area contributed by atoms with Gasteiger partial charge in [-0.25, -0.2) is 0 Å². The number of aryl methyl sites for hydroxylation is 1. The second-order valence-corrected chi connectivity index (χ2v) is 5.12. The number of hydrogen-bond acceptors (Lipinski definition) is 2. The maximum Gasteiger partial charge on any atom is 0.303 e. The van der Waals surface area contributed by atoms with Crippen LogP contribution in [0.2, 0.25) is 5.02 Å². The Hall–Kier alpha value is -1.55. The van der Waals surface area contributed by atoms with Gasteiger partial charge in [0.25, 0.3) is 5.91 Å². The first kappa shape index (κ1) is 15.5. The summed E-state index contributed by atoms with van der Waals surface area (Å²) < 4.78 is 0. The van der Waals surface area contributed by atoms with Crippen LogP contribution in [0.15, 0.2) is 18.2 Å². The van der Waals surface area contributed by atoms with Gasteiger partial charge in [-0.3, -0.25) is 9.59 Å². The number of carbonyl (C=O) groups excluding carboxylic acids is 1. The molecule has 5 heteroatoms. The Kier molecular flexibility index (Phi) is 5.83. The molecule has 0 saturated carbocycles. The van der Waals surface area contributed by atoms with Crippen molar-refractivity contribution in [3.63, 3.8) is 0 Å². The standard InChI is InChI=1S/C14H18ClNO3/c1-9(3-6-13(17)18)8-16-14(19)11-4-5-12(15)10(2)7-11/h4-5,7,9H,3,6,8H2,1-2H3,(H,16,19)(H,17,18). The van der Waals surface area contributed by atoms with Gasteiger partial charge in [0.2, 0.25) is 0 Å². The maximum absolute atomic E-state index is 11.9. The number of carboxylic acid groups (broad SMARTS) is 1. The highest BCUT2D eigenvalue weighted by Gasteiger charge is 2.10. The molecule has 4 nitrogen and oxygen atoms in total. The molecule has 0 heterocycles. The van der Waals surface area contributed by atoms with Crippen molar-refractivity contribution in [2.75, 3.05) is 6.54 Å². The molecule has 1 atom stereocenters. The van der Waals surface area contributed by atoms with Crippen LogP contribution in [0.4, 0.5) is 0 Å². The van der Waals surface area contributed by atoms with Crippen molar-refractivity contribution in [3.05, 3.63) is 34.3 Å². The second-order valence-electron chi connectivity index (χ2n) is 4.71. The minimum absolute atomic E-state index is 0.122. The number of rotatable bonds is 6. The van der Waals surface area contributed by atoms with E-state index >= 15 is 0 Å². The molecule has 0 fully saturated rings. The van der Waals surface area contributed by atoms with Crippen LogP contribution in [0.25, 0.3) is 0 Å². The van der Waals surface area contributed by atoms with Gasteiger partial charge in [-0.15, -0.1) is 0 Å². The van der Waals surface area contributed by atoms with Crippen LogP contribution in [0.3, 0.4) is 0 Å². The Morgan fingerprint density at radius 2 is 2.11 bits per heavy atom. The Balaban J connectivity index is 2.46. The van der Waals surface area contributed by atoms with E-state index in [9.17, 15) is 9.59 Å². The summed E-state index contributed by atoms with van der Waals surface area (Å²) in [5.41, 5.74) is 1.42. The highest BCUT2D eigenvalue weighted by Crippen LogP contribution is 2.16. The number of benzene rings is 1. The molecule has 0 aromatic heterocycles. The van der Waals surface area contributed by atoms with Crippen LogP contribution in [-0.2, 0) is 4.79 Å². The third kappa shape index (κ3) is 5.30. The molecule has 19 heavy (non-hydrogen) atoms. The zero-order valence-corrected chi connectivity index (χ0v) is 11.8. The van der Waals surface area contributed by atoms with Crippen molar-refractivity contribution in [2.24, 2.45) is 5.92 Å². The molecule has 1 aromatic carbocycles. The van der Waals surface area contributed by atoms with Gasteiger partial charge in [0.05, 0.1) is 0 Å². The van der Waals surface area contributed by atoms with E-state index in [-0.39, 0.29) is 18.2 Å². The molecule has 1 amide bonds. The van der Waals surface area contributed by atoms with E-state index in [2.05, 4.69) is 5.32 Å². The number of aliphatic carboxylic acids is 1. The molecule has 2 N–H and O–H groups in total. The SMILES string of the molecule is Cc1cc(C(=O)NCC(C)CCC(=O)O)ccc1Cl. The summed E-state index contributed by atoms with van der Waals surface area (Å²) in [6, 6.07) is 5.10. The Labute approximate surface area is 117 Å². The number of amides is 1. The number of halogens is 1. The van der Waals surface area contributed by atoms with Gasteiger partial charge < -0.3 is 10.4 Å². The normalized spacial score (nSPS) is 11.9. The van der Waals surface area contributed by atoms with Gasteiger partial charge in [0, 0.05) is 23.6 Å². The fourth-order valence-corrected chi connectivity index (χ4v) is 1.74. The van der Waals surface area contributed by atoms with E-state index in [0.29, 0.717) is 23.6 Å². The number of hydrogen-bond donors (Lipinski definition) is 2. The van der Waals surface area contributed by atoms with E-state index in [1.165, 1.54) is 0 Å². The highest BCUT2D eigenvalue weighted by atomic mass is 35.5. The smallest absolute Gasteiger partial charge is 0.303 e. The summed E-state index contributed by atoms with van der Waals surface area (Å²) in [6.07, 6.45) is 0.673. The quantitative estimate of drug-likeness (QED) is 0.843. The monoisotopic (exact) mass is 283 g/mol. The van der Waals surface area contributed by atoms with E-state index in [4.69, 9.17) is 16.7 Å². The predicted molar refractivity (Wildman–Crippen MR) is 74.6 cm³/mol. The van der Waals surface area contributed by atoms with E-state index < -0.39 is 5.97 Å². The molecular formula is C14H18ClNO3. The van der Waals surface area contributed by atoms with Gasteiger partial charge in [-0.1, -0.05) is 18.5 Å². The minimum Gasteiger partial charge on any atom is -0.481 e. The van der Waals surface area contributed by atoms with Crippen LogP contribution < -0.4 is 5.32 Å². The number of carbonyl (C=O) groups is 2. The van der Waals surface area contributed by atoms with Crippen molar-refractivity contribution >= 4 is 23.5 Å². The third-order valence-electron chi connectivity index (χ3n) is 2.88. The lowest BCUT2D eigenvalue weighted by atomic mass is 10.1. The first-order valence-electron chi connectivity index (χ1n) is 6.16. The zero-order chi connectivity index (χ0) is 14.4. The lowest BCUT2D eigenvalue weighted by Gasteiger charge is -2.12. The van der Waals surface area contributed by atoms with Gasteiger partial charge in [0.1, 0.15) is 0 Å². The molecule has 1 unspecified atom stereocenters. The fourth-order valence-electron chi connectivity index (χ4n) is 1.63. The Morgan fingerprint density at radius 3 is 2.68 bits per heavy atom. The summed E-state index contributed by atoms with van der Waals surface area (Å²) in [5, 5.41) is 12.0. The summed E-state index contributed by atoms with van der Waals surface area (Å²) >= 11 is 5.90. The molecule has 0 saturated heterocycles. The van der Waals surface area contributed by atoms with Gasteiger partial charge >= 0.3 is 5.97 Å². The van der Waals surface area contributed by atoms with Gasteiger partial charge in [-0.2, -0.15) is 0 Å². The summed E-state index contributed by atoms with van der Waals surface area (Å²) in [6.45, 7) is 4.22.